The number of pyridine rings is 1. The maximum atomic E-state index is 12.4. The fourth-order valence-electron chi connectivity index (χ4n) is 2.96. The number of carbonyl (C=O) groups is 1. The van der Waals surface area contributed by atoms with E-state index in [-0.39, 0.29) is 5.92 Å². The van der Waals surface area contributed by atoms with Crippen molar-refractivity contribution in [2.75, 3.05) is 31.5 Å². The van der Waals surface area contributed by atoms with Gasteiger partial charge in [-0.15, -0.1) is 0 Å². The molecule has 0 aliphatic carbocycles. The van der Waals surface area contributed by atoms with Crippen molar-refractivity contribution in [2.24, 2.45) is 5.92 Å². The quantitative estimate of drug-likeness (QED) is 0.879. The first-order chi connectivity index (χ1) is 11.8. The number of amides is 2. The highest BCUT2D eigenvalue weighted by Gasteiger charge is 2.34. The lowest BCUT2D eigenvalue weighted by atomic mass is 10.1. The third kappa shape index (κ3) is 4.81. The first kappa shape index (κ1) is 17.5. The van der Waals surface area contributed by atoms with Crippen LogP contribution in [0.4, 0.5) is 23.7 Å². The molecular weight excluding hydrogens is 337 g/mol. The predicted octanol–water partition coefficient (Wildman–Crippen LogP) is 2.04. The van der Waals surface area contributed by atoms with E-state index in [1.165, 1.54) is 4.90 Å². The Balaban J connectivity index is 1.46. The van der Waals surface area contributed by atoms with E-state index in [9.17, 15) is 18.0 Å². The van der Waals surface area contributed by atoms with Crippen molar-refractivity contribution in [1.29, 1.82) is 0 Å². The van der Waals surface area contributed by atoms with E-state index in [1.54, 1.807) is 29.8 Å². The van der Waals surface area contributed by atoms with Gasteiger partial charge in [-0.05, 0) is 37.9 Å². The van der Waals surface area contributed by atoms with Crippen LogP contribution in [0, 0.1) is 12.8 Å². The number of aryl methyl sites for hydroxylation is 1. The largest absolute Gasteiger partial charge is 0.401 e. The van der Waals surface area contributed by atoms with Crippen LogP contribution in [0.3, 0.4) is 0 Å². The third-order valence-corrected chi connectivity index (χ3v) is 4.02. The minimum atomic E-state index is -4.18. The number of nitrogens with zero attached hydrogens (tertiary/aromatic N) is 4. The molecule has 1 aliphatic heterocycles. The Morgan fingerprint density at radius 1 is 1.40 bits per heavy atom. The second-order valence-corrected chi connectivity index (χ2v) is 6.22. The molecule has 1 atom stereocenters. The Morgan fingerprint density at radius 2 is 2.20 bits per heavy atom. The lowest BCUT2D eigenvalue weighted by Crippen LogP contribution is -2.36. The number of urea groups is 1. The number of hydrogen-bond donors (Lipinski definition) is 2. The summed E-state index contributed by atoms with van der Waals surface area (Å²) in [7, 11) is 0. The van der Waals surface area contributed by atoms with Gasteiger partial charge in [0.15, 0.2) is 5.65 Å². The van der Waals surface area contributed by atoms with E-state index >= 15 is 0 Å². The van der Waals surface area contributed by atoms with Crippen LogP contribution in [0.2, 0.25) is 0 Å². The van der Waals surface area contributed by atoms with Gasteiger partial charge in [0.2, 0.25) is 0 Å². The van der Waals surface area contributed by atoms with Gasteiger partial charge in [-0.2, -0.15) is 18.3 Å². The van der Waals surface area contributed by atoms with Crippen LogP contribution in [0.1, 0.15) is 12.2 Å². The van der Waals surface area contributed by atoms with Crippen molar-refractivity contribution in [1.82, 2.24) is 24.8 Å². The van der Waals surface area contributed by atoms with Gasteiger partial charge >= 0.3 is 12.2 Å². The van der Waals surface area contributed by atoms with E-state index in [0.717, 1.165) is 0 Å². The van der Waals surface area contributed by atoms with Gasteiger partial charge in [-0.1, -0.05) is 0 Å². The summed E-state index contributed by atoms with van der Waals surface area (Å²) in [4.78, 5) is 17.5. The molecular formula is C15H19F3N6O. The number of rotatable bonds is 4. The average molecular weight is 356 g/mol. The van der Waals surface area contributed by atoms with Crippen LogP contribution in [-0.4, -0.2) is 57.9 Å². The van der Waals surface area contributed by atoms with E-state index in [4.69, 9.17) is 0 Å². The van der Waals surface area contributed by atoms with Crippen molar-refractivity contribution < 1.29 is 18.0 Å². The van der Waals surface area contributed by atoms with Crippen LogP contribution in [0.25, 0.3) is 5.65 Å². The van der Waals surface area contributed by atoms with Gasteiger partial charge in [0.25, 0.3) is 0 Å². The van der Waals surface area contributed by atoms with Crippen molar-refractivity contribution in [2.45, 2.75) is 19.5 Å². The zero-order chi connectivity index (χ0) is 18.0. The van der Waals surface area contributed by atoms with E-state index < -0.39 is 18.8 Å². The number of hydrogen-bond acceptors (Lipinski definition) is 4. The molecule has 2 aromatic heterocycles. The number of carbonyl (C=O) groups excluding carboxylic acids is 1. The second-order valence-electron chi connectivity index (χ2n) is 6.22. The van der Waals surface area contributed by atoms with E-state index in [0.29, 0.717) is 43.2 Å². The van der Waals surface area contributed by atoms with Crippen molar-refractivity contribution >= 4 is 17.4 Å². The summed E-state index contributed by atoms with van der Waals surface area (Å²) in [6, 6.07) is 3.05. The molecule has 25 heavy (non-hydrogen) atoms. The monoisotopic (exact) mass is 356 g/mol. The Bertz CT molecular complexity index is 759. The molecule has 10 heteroatoms. The molecule has 3 rings (SSSR count). The Hall–Kier alpha value is -2.36. The van der Waals surface area contributed by atoms with Gasteiger partial charge in [0.1, 0.15) is 5.82 Å². The van der Waals surface area contributed by atoms with Gasteiger partial charge in [-0.25, -0.2) is 14.3 Å². The number of likely N-dealkylation sites (tertiary alicyclic amines) is 1. The molecule has 3 heterocycles. The summed E-state index contributed by atoms with van der Waals surface area (Å²) in [5, 5.41) is 9.56. The number of fused-ring (bicyclic) bond motifs is 1. The van der Waals surface area contributed by atoms with Crippen molar-refractivity contribution in [3.8, 4) is 0 Å². The molecule has 2 N–H and O–H groups in total. The minimum absolute atomic E-state index is 0.0218. The van der Waals surface area contributed by atoms with E-state index in [2.05, 4.69) is 20.7 Å². The number of aromatic nitrogens is 3. The molecule has 0 bridgehead atoms. The first-order valence-electron chi connectivity index (χ1n) is 7.95. The Labute approximate surface area is 142 Å². The lowest BCUT2D eigenvalue weighted by molar-refractivity contribution is -0.143. The summed E-state index contributed by atoms with van der Waals surface area (Å²) < 4.78 is 38.7. The molecule has 1 aliphatic rings. The zero-order valence-electron chi connectivity index (χ0n) is 13.7. The molecule has 1 unspecified atom stereocenters. The van der Waals surface area contributed by atoms with Gasteiger partial charge in [0.05, 0.1) is 18.4 Å². The van der Waals surface area contributed by atoms with Crippen LogP contribution in [0.15, 0.2) is 18.3 Å². The molecule has 1 fully saturated rings. The average Bonchev–Trinajstić information content (AvgIpc) is 3.08. The molecule has 7 nitrogen and oxygen atoms in total. The molecule has 0 radical (unpaired) electrons. The van der Waals surface area contributed by atoms with Crippen molar-refractivity contribution in [3.05, 3.63) is 24.2 Å². The number of alkyl halides is 3. The summed E-state index contributed by atoms with van der Waals surface area (Å²) in [6.45, 7) is 1.95. The Kier molecular flexibility index (Phi) is 4.80. The maximum Gasteiger partial charge on any atom is 0.401 e. The fraction of sp³-hybridized carbons (Fsp3) is 0.533. The molecule has 1 saturated heterocycles. The van der Waals surface area contributed by atoms with Crippen LogP contribution in [0.5, 0.6) is 0 Å². The maximum absolute atomic E-state index is 12.4. The van der Waals surface area contributed by atoms with Gasteiger partial charge in [-0.3, -0.25) is 4.90 Å². The normalized spacial score (nSPS) is 18.6. The highest BCUT2D eigenvalue weighted by molar-refractivity contribution is 5.89. The van der Waals surface area contributed by atoms with Crippen LogP contribution >= 0.6 is 0 Å². The summed E-state index contributed by atoms with van der Waals surface area (Å²) in [5.41, 5.74) is 1.24. The highest BCUT2D eigenvalue weighted by Crippen LogP contribution is 2.22. The fourth-order valence-corrected chi connectivity index (χ4v) is 2.96. The Morgan fingerprint density at radius 3 is 2.96 bits per heavy atom. The number of nitrogens with one attached hydrogen (secondary N) is 2. The predicted molar refractivity (Wildman–Crippen MR) is 85.3 cm³/mol. The molecule has 0 aromatic carbocycles. The lowest BCUT2D eigenvalue weighted by Gasteiger charge is -2.18. The first-order valence-corrected chi connectivity index (χ1v) is 7.95. The van der Waals surface area contributed by atoms with Crippen LogP contribution in [-0.2, 0) is 0 Å². The van der Waals surface area contributed by atoms with Crippen LogP contribution < -0.4 is 10.6 Å². The second kappa shape index (κ2) is 6.87. The summed E-state index contributed by atoms with van der Waals surface area (Å²) in [6.07, 6.45) is -1.89. The van der Waals surface area contributed by atoms with Gasteiger partial charge in [0, 0.05) is 13.1 Å². The topological polar surface area (TPSA) is 74.6 Å². The molecule has 2 aromatic rings. The van der Waals surface area contributed by atoms with E-state index in [1.807, 2.05) is 0 Å². The summed E-state index contributed by atoms with van der Waals surface area (Å²) >= 11 is 0. The minimum Gasteiger partial charge on any atom is -0.338 e. The summed E-state index contributed by atoms with van der Waals surface area (Å²) in [5.74, 6) is 0.653. The molecule has 0 saturated carbocycles. The zero-order valence-corrected chi connectivity index (χ0v) is 13.7. The molecule has 0 spiro atoms. The van der Waals surface area contributed by atoms with Crippen molar-refractivity contribution in [3.63, 3.8) is 0 Å². The molecule has 136 valence electrons. The SMILES string of the molecule is Cc1nc2ccc(NC(=O)NCC3CCN(CC(F)(F)F)C3)cn2n1. The van der Waals surface area contributed by atoms with Gasteiger partial charge < -0.3 is 10.6 Å². The number of anilines is 1. The molecule has 2 amide bonds. The highest BCUT2D eigenvalue weighted by atomic mass is 19.4. The smallest absolute Gasteiger partial charge is 0.338 e. The third-order valence-electron chi connectivity index (χ3n) is 4.02. The standard InChI is InChI=1S/C15H19F3N6O/c1-10-20-13-3-2-12(8-24(13)22-10)21-14(25)19-6-11-4-5-23(7-11)9-15(16,17)18/h2-3,8,11H,4-7,9H2,1H3,(H2,19,21,25). The number of halogens is 3.